The molecule has 1 fully saturated rings. The zero-order valence-corrected chi connectivity index (χ0v) is 15.9. The summed E-state index contributed by atoms with van der Waals surface area (Å²) in [5, 5.41) is 0. The van der Waals surface area contributed by atoms with E-state index >= 15 is 0 Å². The molecule has 0 aromatic heterocycles. The van der Waals surface area contributed by atoms with Crippen LogP contribution < -0.4 is 0 Å². The number of benzene rings is 1. The van der Waals surface area contributed by atoms with Gasteiger partial charge < -0.3 is 0 Å². The summed E-state index contributed by atoms with van der Waals surface area (Å²) in [4.78, 5) is 11.6. The zero-order valence-electron chi connectivity index (χ0n) is 11.9. The highest BCUT2D eigenvalue weighted by Crippen LogP contribution is 2.32. The third kappa shape index (κ3) is 3.57. The third-order valence-electron chi connectivity index (χ3n) is 3.86. The Morgan fingerprint density at radius 1 is 1.19 bits per heavy atom. The van der Waals surface area contributed by atoms with Gasteiger partial charge in [0.15, 0.2) is 0 Å². The second-order valence-electron chi connectivity index (χ2n) is 5.32. The first kappa shape index (κ1) is 17.1. The Morgan fingerprint density at radius 2 is 1.76 bits per heavy atom. The minimum Gasteiger partial charge on any atom is -0.300 e. The van der Waals surface area contributed by atoms with Gasteiger partial charge in [0.25, 0.3) is 0 Å². The second kappa shape index (κ2) is 6.48. The van der Waals surface area contributed by atoms with E-state index in [2.05, 4.69) is 31.9 Å². The van der Waals surface area contributed by atoms with Crippen molar-refractivity contribution in [1.82, 2.24) is 4.31 Å². The van der Waals surface area contributed by atoms with Crippen LogP contribution in [0, 0.1) is 12.8 Å². The molecule has 2 rings (SSSR count). The fourth-order valence-corrected chi connectivity index (χ4v) is 5.58. The van der Waals surface area contributed by atoms with Crippen LogP contribution in [0.3, 0.4) is 0 Å². The van der Waals surface area contributed by atoms with Gasteiger partial charge in [-0.2, -0.15) is 4.31 Å². The molecule has 0 radical (unpaired) electrons. The molecule has 0 aliphatic carbocycles. The number of ketones is 1. The maximum Gasteiger partial charge on any atom is 0.244 e. The largest absolute Gasteiger partial charge is 0.300 e. The van der Waals surface area contributed by atoms with Crippen LogP contribution >= 0.6 is 31.9 Å². The molecule has 0 amide bonds. The van der Waals surface area contributed by atoms with Gasteiger partial charge >= 0.3 is 0 Å². The Morgan fingerprint density at radius 3 is 2.29 bits per heavy atom. The van der Waals surface area contributed by atoms with Crippen LogP contribution in [-0.2, 0) is 14.8 Å². The Hall–Kier alpha value is -0.240. The number of halogens is 2. The van der Waals surface area contributed by atoms with Crippen LogP contribution in [-0.4, -0.2) is 31.6 Å². The van der Waals surface area contributed by atoms with E-state index in [0.29, 0.717) is 30.4 Å². The summed E-state index contributed by atoms with van der Waals surface area (Å²) in [6.45, 7) is 4.27. The third-order valence-corrected chi connectivity index (χ3v) is 7.57. The molecular formula is C14H17Br2NO3S. The fraction of sp³-hybridized carbons (Fsp3) is 0.500. The number of Topliss-reactive ketones (excluding diaryl/α,β-unsaturated/α-hetero) is 1. The molecule has 0 unspecified atom stereocenters. The highest BCUT2D eigenvalue weighted by molar-refractivity contribution is 9.11. The SMILES string of the molecule is CC(=O)C1CCN(S(=O)(=O)c2cc(Br)c(C)cc2Br)CC1. The average molecular weight is 439 g/mol. The van der Waals surface area contributed by atoms with Gasteiger partial charge in [-0.15, -0.1) is 0 Å². The van der Waals surface area contributed by atoms with Crippen LogP contribution in [0.25, 0.3) is 0 Å². The lowest BCUT2D eigenvalue weighted by Gasteiger charge is -2.30. The number of nitrogens with zero attached hydrogens (tertiary/aromatic N) is 1. The second-order valence-corrected chi connectivity index (χ2v) is 8.94. The molecule has 1 aliphatic heterocycles. The van der Waals surface area contributed by atoms with Gasteiger partial charge in [0.2, 0.25) is 10.0 Å². The smallest absolute Gasteiger partial charge is 0.244 e. The summed E-state index contributed by atoms with van der Waals surface area (Å²) in [6, 6.07) is 3.42. The van der Waals surface area contributed by atoms with Crippen LogP contribution in [0.2, 0.25) is 0 Å². The molecule has 1 saturated heterocycles. The molecule has 1 aromatic carbocycles. The quantitative estimate of drug-likeness (QED) is 0.725. The number of aryl methyl sites for hydroxylation is 1. The van der Waals surface area contributed by atoms with E-state index in [1.54, 1.807) is 19.1 Å². The van der Waals surface area contributed by atoms with E-state index in [-0.39, 0.29) is 16.6 Å². The van der Waals surface area contributed by atoms with E-state index in [0.717, 1.165) is 10.0 Å². The predicted octanol–water partition coefficient (Wildman–Crippen LogP) is 3.51. The van der Waals surface area contributed by atoms with Crippen LogP contribution in [0.15, 0.2) is 26.0 Å². The van der Waals surface area contributed by atoms with Crippen LogP contribution in [0.5, 0.6) is 0 Å². The number of carbonyl (C=O) groups is 1. The van der Waals surface area contributed by atoms with E-state index in [1.807, 2.05) is 6.92 Å². The van der Waals surface area contributed by atoms with Crippen molar-refractivity contribution in [3.63, 3.8) is 0 Å². The van der Waals surface area contributed by atoms with Crippen molar-refractivity contribution in [2.24, 2.45) is 5.92 Å². The minimum absolute atomic E-state index is 0.00959. The summed E-state index contributed by atoms with van der Waals surface area (Å²) in [5.41, 5.74) is 0.969. The molecule has 1 aliphatic rings. The summed E-state index contributed by atoms with van der Waals surface area (Å²) >= 11 is 6.71. The number of piperidine rings is 1. The van der Waals surface area contributed by atoms with Gasteiger partial charge in [-0.3, -0.25) is 4.79 Å². The van der Waals surface area contributed by atoms with Gasteiger partial charge in [0.05, 0.1) is 4.90 Å². The first-order valence-electron chi connectivity index (χ1n) is 6.69. The summed E-state index contributed by atoms with van der Waals surface area (Å²) < 4.78 is 28.3. The normalized spacial score (nSPS) is 17.9. The van der Waals surface area contributed by atoms with Gasteiger partial charge in [-0.05, 0) is 60.3 Å². The predicted molar refractivity (Wildman–Crippen MR) is 88.7 cm³/mol. The Labute approximate surface area is 142 Å². The molecule has 0 bridgehead atoms. The average Bonchev–Trinajstić information content (AvgIpc) is 2.42. The van der Waals surface area contributed by atoms with Crippen LogP contribution in [0.1, 0.15) is 25.3 Å². The van der Waals surface area contributed by atoms with Crippen LogP contribution in [0.4, 0.5) is 0 Å². The zero-order chi connectivity index (χ0) is 15.8. The number of sulfonamides is 1. The van der Waals surface area contributed by atoms with E-state index in [4.69, 9.17) is 0 Å². The maximum atomic E-state index is 12.7. The summed E-state index contributed by atoms with van der Waals surface area (Å²) in [6.07, 6.45) is 1.19. The van der Waals surface area contributed by atoms with Crippen molar-refractivity contribution in [3.05, 3.63) is 26.6 Å². The van der Waals surface area contributed by atoms with Crippen molar-refractivity contribution >= 4 is 47.7 Å². The summed E-state index contributed by atoms with van der Waals surface area (Å²) in [5.74, 6) is 0.135. The first-order chi connectivity index (χ1) is 9.73. The molecule has 7 heteroatoms. The minimum atomic E-state index is -3.54. The molecule has 0 N–H and O–H groups in total. The number of rotatable bonds is 3. The first-order valence-corrected chi connectivity index (χ1v) is 9.72. The van der Waals surface area contributed by atoms with Crippen molar-refractivity contribution < 1.29 is 13.2 Å². The Balaban J connectivity index is 2.28. The molecule has 21 heavy (non-hydrogen) atoms. The summed E-state index contributed by atoms with van der Waals surface area (Å²) in [7, 11) is -3.54. The number of hydrogen-bond acceptors (Lipinski definition) is 3. The van der Waals surface area contributed by atoms with E-state index < -0.39 is 10.0 Å². The monoisotopic (exact) mass is 437 g/mol. The lowest BCUT2D eigenvalue weighted by atomic mass is 9.95. The van der Waals surface area contributed by atoms with Crippen molar-refractivity contribution in [2.75, 3.05) is 13.1 Å². The number of hydrogen-bond donors (Lipinski definition) is 0. The molecule has 4 nitrogen and oxygen atoms in total. The van der Waals surface area contributed by atoms with Gasteiger partial charge in [0.1, 0.15) is 5.78 Å². The van der Waals surface area contributed by atoms with Gasteiger partial charge in [0, 0.05) is 28.0 Å². The highest BCUT2D eigenvalue weighted by atomic mass is 79.9. The molecule has 0 spiro atoms. The Bertz CT molecular complexity index is 665. The molecule has 1 heterocycles. The lowest BCUT2D eigenvalue weighted by molar-refractivity contribution is -0.121. The molecule has 116 valence electrons. The molecule has 0 atom stereocenters. The van der Waals surface area contributed by atoms with Gasteiger partial charge in [-0.1, -0.05) is 15.9 Å². The Kier molecular flexibility index (Phi) is 5.28. The molecule has 0 saturated carbocycles. The molecule has 1 aromatic rings. The van der Waals surface area contributed by atoms with Crippen molar-refractivity contribution in [1.29, 1.82) is 0 Å². The van der Waals surface area contributed by atoms with E-state index in [1.165, 1.54) is 4.31 Å². The lowest BCUT2D eigenvalue weighted by Crippen LogP contribution is -2.40. The molecular weight excluding hydrogens is 422 g/mol. The highest BCUT2D eigenvalue weighted by Gasteiger charge is 2.32. The maximum absolute atomic E-state index is 12.7. The van der Waals surface area contributed by atoms with Gasteiger partial charge in [-0.25, -0.2) is 8.42 Å². The standard InChI is InChI=1S/C14H17Br2NO3S/c1-9-7-13(16)14(8-12(9)15)21(19,20)17-5-3-11(4-6-17)10(2)18/h7-8,11H,3-6H2,1-2H3. The topological polar surface area (TPSA) is 54.5 Å². The van der Waals surface area contributed by atoms with Crippen molar-refractivity contribution in [2.45, 2.75) is 31.6 Å². The van der Waals surface area contributed by atoms with Crippen molar-refractivity contribution in [3.8, 4) is 0 Å². The fourth-order valence-electron chi connectivity index (χ4n) is 2.47. The van der Waals surface area contributed by atoms with E-state index in [9.17, 15) is 13.2 Å². The number of carbonyl (C=O) groups excluding carboxylic acids is 1.